The van der Waals surface area contributed by atoms with Gasteiger partial charge in [-0.1, -0.05) is 12.1 Å². The highest BCUT2D eigenvalue weighted by Gasteiger charge is 2.22. The Morgan fingerprint density at radius 3 is 3.00 bits per heavy atom. The van der Waals surface area contributed by atoms with Gasteiger partial charge in [0, 0.05) is 32.6 Å². The van der Waals surface area contributed by atoms with Gasteiger partial charge < -0.3 is 15.3 Å². The average Bonchev–Trinajstić information content (AvgIpc) is 2.40. The molecule has 5 heteroatoms. The monoisotopic (exact) mass is 262 g/mol. The van der Waals surface area contributed by atoms with Gasteiger partial charge in [0.05, 0.1) is 5.56 Å². The molecule has 0 spiro atoms. The molecule has 0 bridgehead atoms. The molecular weight excluding hydrogens is 244 g/mol. The van der Waals surface area contributed by atoms with Gasteiger partial charge in [-0.05, 0) is 24.1 Å². The van der Waals surface area contributed by atoms with Gasteiger partial charge in [0.2, 0.25) is 5.91 Å². The summed E-state index contributed by atoms with van der Waals surface area (Å²) in [7, 11) is 1.81. The summed E-state index contributed by atoms with van der Waals surface area (Å²) < 4.78 is 0. The number of likely N-dealkylation sites (N-methyl/N-ethyl adjacent to an activating group) is 1. The molecule has 1 aliphatic rings. The number of rotatable bonds is 4. The number of carbonyl (C=O) groups excluding carboxylic acids is 1. The number of benzene rings is 1. The number of nitrogens with one attached hydrogen (secondary N) is 1. The first-order valence-corrected chi connectivity index (χ1v) is 6.36. The first-order chi connectivity index (χ1) is 9.06. The minimum Gasteiger partial charge on any atom is -0.478 e. The highest BCUT2D eigenvalue weighted by Crippen LogP contribution is 2.11. The van der Waals surface area contributed by atoms with Crippen LogP contribution in [0.15, 0.2) is 24.3 Å². The number of hydrogen-bond acceptors (Lipinski definition) is 3. The molecule has 102 valence electrons. The van der Waals surface area contributed by atoms with E-state index in [9.17, 15) is 9.59 Å². The quantitative estimate of drug-likeness (QED) is 0.852. The summed E-state index contributed by atoms with van der Waals surface area (Å²) in [6, 6.07) is 7.18. The van der Waals surface area contributed by atoms with E-state index in [1.54, 1.807) is 30.1 Å². The van der Waals surface area contributed by atoms with Crippen molar-refractivity contribution in [2.45, 2.75) is 25.4 Å². The van der Waals surface area contributed by atoms with E-state index >= 15 is 0 Å². The van der Waals surface area contributed by atoms with E-state index in [0.29, 0.717) is 25.1 Å². The molecular formula is C14H18N2O3. The lowest BCUT2D eigenvalue weighted by molar-refractivity contribution is -0.132. The Hall–Kier alpha value is -1.88. The van der Waals surface area contributed by atoms with Crippen LogP contribution < -0.4 is 5.32 Å². The van der Waals surface area contributed by atoms with Gasteiger partial charge in [0.15, 0.2) is 0 Å². The Labute approximate surface area is 112 Å². The van der Waals surface area contributed by atoms with Crippen molar-refractivity contribution in [3.8, 4) is 0 Å². The zero-order valence-corrected chi connectivity index (χ0v) is 10.9. The maximum absolute atomic E-state index is 11.4. The summed E-state index contributed by atoms with van der Waals surface area (Å²) >= 11 is 0. The highest BCUT2D eigenvalue weighted by molar-refractivity contribution is 5.87. The van der Waals surface area contributed by atoms with Crippen LogP contribution in [0.25, 0.3) is 0 Å². The lowest BCUT2D eigenvalue weighted by atomic mass is 10.0. The second-order valence-electron chi connectivity index (χ2n) is 4.90. The van der Waals surface area contributed by atoms with Crippen molar-refractivity contribution in [3.63, 3.8) is 0 Å². The smallest absolute Gasteiger partial charge is 0.335 e. The van der Waals surface area contributed by atoms with Gasteiger partial charge >= 0.3 is 5.97 Å². The predicted molar refractivity (Wildman–Crippen MR) is 70.9 cm³/mol. The molecule has 19 heavy (non-hydrogen) atoms. The number of carbonyl (C=O) groups is 2. The number of nitrogens with zero attached hydrogens (tertiary/aromatic N) is 1. The highest BCUT2D eigenvalue weighted by atomic mass is 16.4. The van der Waals surface area contributed by atoms with Gasteiger partial charge in [-0.2, -0.15) is 0 Å². The number of piperidine rings is 1. The lowest BCUT2D eigenvalue weighted by Crippen LogP contribution is -2.46. The molecule has 0 aromatic heterocycles. The number of carboxylic acid groups (broad SMARTS) is 1. The van der Waals surface area contributed by atoms with Crippen molar-refractivity contribution in [1.29, 1.82) is 0 Å². The van der Waals surface area contributed by atoms with E-state index in [1.165, 1.54) is 0 Å². The van der Waals surface area contributed by atoms with Crippen LogP contribution in [0.5, 0.6) is 0 Å². The number of aromatic carboxylic acids is 1. The Kier molecular flexibility index (Phi) is 4.16. The molecule has 0 aliphatic carbocycles. The van der Waals surface area contributed by atoms with Gasteiger partial charge in [0.25, 0.3) is 0 Å². The Morgan fingerprint density at radius 1 is 1.53 bits per heavy atom. The number of hydrogen-bond donors (Lipinski definition) is 2. The van der Waals surface area contributed by atoms with Crippen LogP contribution in [-0.2, 0) is 11.3 Å². The lowest BCUT2D eigenvalue weighted by Gasteiger charge is -2.30. The van der Waals surface area contributed by atoms with Crippen LogP contribution in [0.1, 0.15) is 28.8 Å². The Morgan fingerprint density at radius 2 is 2.32 bits per heavy atom. The fourth-order valence-electron chi connectivity index (χ4n) is 2.26. The number of likely N-dealkylation sites (tertiary alicyclic amines) is 1. The normalized spacial score (nSPS) is 19.5. The molecule has 2 N–H and O–H groups in total. The molecule has 1 aromatic carbocycles. The second-order valence-corrected chi connectivity index (χ2v) is 4.90. The molecule has 5 nitrogen and oxygen atoms in total. The Balaban J connectivity index is 1.90. The molecule has 1 aliphatic heterocycles. The van der Waals surface area contributed by atoms with E-state index in [1.807, 2.05) is 6.07 Å². The van der Waals surface area contributed by atoms with Crippen molar-refractivity contribution < 1.29 is 14.7 Å². The topological polar surface area (TPSA) is 69.6 Å². The number of carboxylic acids is 1. The van der Waals surface area contributed by atoms with Crippen LogP contribution in [0.4, 0.5) is 0 Å². The average molecular weight is 262 g/mol. The molecule has 1 unspecified atom stereocenters. The third-order valence-corrected chi connectivity index (χ3v) is 3.40. The van der Waals surface area contributed by atoms with Crippen LogP contribution in [0.2, 0.25) is 0 Å². The Bertz CT molecular complexity index is 487. The molecule has 0 saturated carbocycles. The third-order valence-electron chi connectivity index (χ3n) is 3.40. The fraction of sp³-hybridized carbons (Fsp3) is 0.429. The largest absolute Gasteiger partial charge is 0.478 e. The van der Waals surface area contributed by atoms with E-state index in [-0.39, 0.29) is 11.9 Å². The maximum Gasteiger partial charge on any atom is 0.335 e. The zero-order chi connectivity index (χ0) is 13.8. The van der Waals surface area contributed by atoms with Gasteiger partial charge in [0.1, 0.15) is 0 Å². The molecule has 0 radical (unpaired) electrons. The molecule has 1 fully saturated rings. The fourth-order valence-corrected chi connectivity index (χ4v) is 2.26. The zero-order valence-electron chi connectivity index (χ0n) is 10.9. The molecule has 1 atom stereocenters. The van der Waals surface area contributed by atoms with E-state index < -0.39 is 5.97 Å². The van der Waals surface area contributed by atoms with E-state index in [2.05, 4.69) is 5.32 Å². The van der Waals surface area contributed by atoms with Gasteiger partial charge in [-0.25, -0.2) is 4.79 Å². The van der Waals surface area contributed by atoms with Crippen LogP contribution >= 0.6 is 0 Å². The molecule has 1 heterocycles. The van der Waals surface area contributed by atoms with Crippen molar-refractivity contribution in [1.82, 2.24) is 10.2 Å². The predicted octanol–water partition coefficient (Wildman–Crippen LogP) is 1.10. The molecule has 1 saturated heterocycles. The van der Waals surface area contributed by atoms with Crippen molar-refractivity contribution >= 4 is 11.9 Å². The molecule has 1 aromatic rings. The van der Waals surface area contributed by atoms with Crippen molar-refractivity contribution in [3.05, 3.63) is 35.4 Å². The van der Waals surface area contributed by atoms with Crippen LogP contribution in [0, 0.1) is 0 Å². The van der Waals surface area contributed by atoms with E-state index in [4.69, 9.17) is 5.11 Å². The summed E-state index contributed by atoms with van der Waals surface area (Å²) in [5.41, 5.74) is 1.25. The van der Waals surface area contributed by atoms with Crippen molar-refractivity contribution in [2.75, 3.05) is 13.6 Å². The third kappa shape index (κ3) is 3.54. The van der Waals surface area contributed by atoms with Gasteiger partial charge in [-0.3, -0.25) is 4.79 Å². The first-order valence-electron chi connectivity index (χ1n) is 6.36. The summed E-state index contributed by atoms with van der Waals surface area (Å²) in [5.74, 6) is -0.726. The first kappa shape index (κ1) is 13.5. The number of amides is 1. The maximum atomic E-state index is 11.4. The second kappa shape index (κ2) is 5.84. The summed E-state index contributed by atoms with van der Waals surface area (Å²) in [5, 5.41) is 12.3. The summed E-state index contributed by atoms with van der Waals surface area (Å²) in [6.45, 7) is 1.32. The van der Waals surface area contributed by atoms with Gasteiger partial charge in [-0.15, -0.1) is 0 Å². The standard InChI is InChI=1S/C14H18N2O3/c1-16-9-12(5-6-13(16)17)15-8-10-3-2-4-11(7-10)14(18)19/h2-4,7,12,15H,5-6,8-9H2,1H3,(H,18,19). The summed E-state index contributed by atoms with van der Waals surface area (Å²) in [6.07, 6.45) is 1.41. The molecule has 2 rings (SSSR count). The SMILES string of the molecule is CN1CC(NCc2cccc(C(=O)O)c2)CCC1=O. The van der Waals surface area contributed by atoms with E-state index in [0.717, 1.165) is 12.0 Å². The van der Waals surface area contributed by atoms with Crippen LogP contribution in [0.3, 0.4) is 0 Å². The van der Waals surface area contributed by atoms with Crippen molar-refractivity contribution in [2.24, 2.45) is 0 Å². The molecule has 1 amide bonds. The van der Waals surface area contributed by atoms with Crippen LogP contribution in [-0.4, -0.2) is 41.5 Å². The minimum absolute atomic E-state index is 0.186. The minimum atomic E-state index is -0.912. The summed E-state index contributed by atoms with van der Waals surface area (Å²) in [4.78, 5) is 24.0.